The van der Waals surface area contributed by atoms with Crippen molar-refractivity contribution in [2.24, 2.45) is 5.73 Å². The summed E-state index contributed by atoms with van der Waals surface area (Å²) < 4.78 is 0. The second kappa shape index (κ2) is 4.17. The molecule has 0 atom stereocenters. The fraction of sp³-hybridized carbons (Fsp3) is 0.714. The lowest BCUT2D eigenvalue weighted by Crippen LogP contribution is -2.37. The molecule has 0 spiro atoms. The minimum atomic E-state index is -0.880. The van der Waals surface area contributed by atoms with Gasteiger partial charge in [-0.15, -0.1) is 0 Å². The quantitative estimate of drug-likeness (QED) is 0.575. The normalized spacial score (nSPS) is 10.0. The number of carbonyl (C=O) groups excluding carboxylic acids is 2. The van der Waals surface area contributed by atoms with E-state index in [2.05, 4.69) is 0 Å². The molecule has 0 heterocycles. The number of carbonyl (C=O) groups is 2. The lowest BCUT2D eigenvalue weighted by Gasteiger charge is -2.04. The van der Waals surface area contributed by atoms with Gasteiger partial charge in [0.2, 0.25) is 0 Å². The van der Waals surface area contributed by atoms with E-state index in [0.29, 0.717) is 12.8 Å². The Hall–Kier alpha value is -0.700. The van der Waals surface area contributed by atoms with E-state index >= 15 is 0 Å². The summed E-state index contributed by atoms with van der Waals surface area (Å²) in [6.45, 7) is 3.40. The lowest BCUT2D eigenvalue weighted by atomic mass is 10.1. The fourth-order valence-corrected chi connectivity index (χ4v) is 0.619. The Morgan fingerprint density at radius 2 is 1.50 bits per heavy atom. The Kier molecular flexibility index (Phi) is 3.88. The summed E-state index contributed by atoms with van der Waals surface area (Å²) in [6, 6.07) is -0.880. The van der Waals surface area contributed by atoms with Gasteiger partial charge in [0.1, 0.15) is 6.04 Å². The third-order valence-corrected chi connectivity index (χ3v) is 1.39. The molecule has 2 N–H and O–H groups in total. The van der Waals surface area contributed by atoms with E-state index in [1.165, 1.54) is 0 Å². The number of hydrogen-bond donors (Lipinski definition) is 1. The molecule has 0 aromatic carbocycles. The van der Waals surface area contributed by atoms with Crippen LogP contribution in [0.4, 0.5) is 0 Å². The highest BCUT2D eigenvalue weighted by molar-refractivity contribution is 6.05. The van der Waals surface area contributed by atoms with E-state index in [9.17, 15) is 9.59 Å². The van der Waals surface area contributed by atoms with Crippen LogP contribution in [0.5, 0.6) is 0 Å². The topological polar surface area (TPSA) is 60.2 Å². The highest BCUT2D eigenvalue weighted by atomic mass is 16.2. The summed E-state index contributed by atoms with van der Waals surface area (Å²) in [5.74, 6) is -0.348. The van der Waals surface area contributed by atoms with E-state index in [1.54, 1.807) is 13.8 Å². The average molecular weight is 143 g/mol. The van der Waals surface area contributed by atoms with Crippen LogP contribution in [0.15, 0.2) is 0 Å². The van der Waals surface area contributed by atoms with Crippen molar-refractivity contribution in [3.63, 3.8) is 0 Å². The van der Waals surface area contributed by atoms with Gasteiger partial charge < -0.3 is 5.73 Å². The molecule has 0 amide bonds. The Bertz CT molecular complexity index is 127. The van der Waals surface area contributed by atoms with Crippen molar-refractivity contribution < 1.29 is 9.59 Å². The van der Waals surface area contributed by atoms with E-state index in [4.69, 9.17) is 5.73 Å². The lowest BCUT2D eigenvalue weighted by molar-refractivity contribution is -0.128. The summed E-state index contributed by atoms with van der Waals surface area (Å²) in [5, 5.41) is 0. The van der Waals surface area contributed by atoms with E-state index in [-0.39, 0.29) is 11.6 Å². The smallest absolute Gasteiger partial charge is 0.156 e. The van der Waals surface area contributed by atoms with Crippen molar-refractivity contribution in [3.8, 4) is 0 Å². The standard InChI is InChI=1S/C7H13NO2/c1-3-5(9)7(8)6(10)4-2/h7H,3-4,8H2,1-2H3. The van der Waals surface area contributed by atoms with Crippen LogP contribution in [0.3, 0.4) is 0 Å². The van der Waals surface area contributed by atoms with E-state index in [0.717, 1.165) is 0 Å². The molecule has 0 radical (unpaired) electrons. The Morgan fingerprint density at radius 3 is 1.70 bits per heavy atom. The van der Waals surface area contributed by atoms with Crippen molar-refractivity contribution in [2.75, 3.05) is 0 Å². The second-order valence-corrected chi connectivity index (χ2v) is 2.12. The summed E-state index contributed by atoms with van der Waals surface area (Å²) in [6.07, 6.45) is 0.680. The van der Waals surface area contributed by atoms with Gasteiger partial charge in [0.25, 0.3) is 0 Å². The monoisotopic (exact) mass is 143 g/mol. The molecule has 0 saturated heterocycles. The van der Waals surface area contributed by atoms with Gasteiger partial charge in [0.05, 0.1) is 0 Å². The highest BCUT2D eigenvalue weighted by Gasteiger charge is 2.17. The summed E-state index contributed by atoms with van der Waals surface area (Å²) in [7, 11) is 0. The Balaban J connectivity index is 3.94. The number of nitrogens with two attached hydrogens (primary N) is 1. The molecule has 0 aliphatic heterocycles. The third-order valence-electron chi connectivity index (χ3n) is 1.39. The predicted molar refractivity (Wildman–Crippen MR) is 38.6 cm³/mol. The van der Waals surface area contributed by atoms with Gasteiger partial charge >= 0.3 is 0 Å². The SMILES string of the molecule is CCC(=O)C(N)C(=O)CC. The van der Waals surface area contributed by atoms with Crippen molar-refractivity contribution in [3.05, 3.63) is 0 Å². The number of hydrogen-bond acceptors (Lipinski definition) is 3. The molecule has 3 heteroatoms. The molecule has 0 aromatic rings. The summed E-state index contributed by atoms with van der Waals surface area (Å²) in [4.78, 5) is 21.5. The van der Waals surface area contributed by atoms with Crippen molar-refractivity contribution >= 4 is 11.6 Å². The van der Waals surface area contributed by atoms with Crippen molar-refractivity contribution in [1.82, 2.24) is 0 Å². The average Bonchev–Trinajstić information content (AvgIpc) is 2.00. The van der Waals surface area contributed by atoms with Gasteiger partial charge in [-0.25, -0.2) is 0 Å². The summed E-state index contributed by atoms with van der Waals surface area (Å²) in [5.41, 5.74) is 5.28. The molecule has 0 bridgehead atoms. The van der Waals surface area contributed by atoms with Gasteiger partial charge in [0, 0.05) is 12.8 Å². The predicted octanol–water partition coefficient (Wildman–Crippen LogP) is 0.272. The molecule has 0 fully saturated rings. The maximum absolute atomic E-state index is 10.8. The number of ketones is 2. The van der Waals surface area contributed by atoms with E-state index in [1.807, 2.05) is 0 Å². The third kappa shape index (κ3) is 2.27. The van der Waals surface area contributed by atoms with Crippen LogP contribution in [0, 0.1) is 0 Å². The zero-order valence-electron chi connectivity index (χ0n) is 6.39. The van der Waals surface area contributed by atoms with Crippen LogP contribution in [-0.2, 0) is 9.59 Å². The van der Waals surface area contributed by atoms with Gasteiger partial charge in [-0.3, -0.25) is 9.59 Å². The molecule has 0 rings (SSSR count). The zero-order valence-corrected chi connectivity index (χ0v) is 6.39. The van der Waals surface area contributed by atoms with Crippen LogP contribution in [0.25, 0.3) is 0 Å². The number of Topliss-reactive ketones (excluding diaryl/α,β-unsaturated/α-hetero) is 2. The number of rotatable bonds is 4. The minimum Gasteiger partial charge on any atom is -0.315 e. The Labute approximate surface area is 60.6 Å². The second-order valence-electron chi connectivity index (χ2n) is 2.12. The highest BCUT2D eigenvalue weighted by Crippen LogP contribution is 1.92. The molecule has 0 aliphatic rings. The van der Waals surface area contributed by atoms with Crippen LogP contribution >= 0.6 is 0 Å². The fourth-order valence-electron chi connectivity index (χ4n) is 0.619. The first-order chi connectivity index (χ1) is 4.63. The molecular weight excluding hydrogens is 130 g/mol. The Morgan fingerprint density at radius 1 is 1.20 bits per heavy atom. The maximum Gasteiger partial charge on any atom is 0.156 e. The van der Waals surface area contributed by atoms with Gasteiger partial charge in [-0.05, 0) is 0 Å². The molecule has 58 valence electrons. The first-order valence-electron chi connectivity index (χ1n) is 3.44. The van der Waals surface area contributed by atoms with Crippen LogP contribution in [0.2, 0.25) is 0 Å². The molecular formula is C7H13NO2. The van der Waals surface area contributed by atoms with E-state index < -0.39 is 6.04 Å². The van der Waals surface area contributed by atoms with Gasteiger partial charge in [0.15, 0.2) is 11.6 Å². The maximum atomic E-state index is 10.8. The van der Waals surface area contributed by atoms with Gasteiger partial charge in [-0.2, -0.15) is 0 Å². The first-order valence-corrected chi connectivity index (χ1v) is 3.44. The van der Waals surface area contributed by atoms with Crippen LogP contribution in [0.1, 0.15) is 26.7 Å². The molecule has 0 unspecified atom stereocenters. The molecule has 0 saturated carbocycles. The van der Waals surface area contributed by atoms with Gasteiger partial charge in [-0.1, -0.05) is 13.8 Å². The largest absolute Gasteiger partial charge is 0.315 e. The first kappa shape index (κ1) is 9.30. The van der Waals surface area contributed by atoms with Crippen LogP contribution < -0.4 is 5.73 Å². The minimum absolute atomic E-state index is 0.174. The van der Waals surface area contributed by atoms with Crippen molar-refractivity contribution in [2.45, 2.75) is 32.7 Å². The molecule has 10 heavy (non-hydrogen) atoms. The zero-order chi connectivity index (χ0) is 8.15. The molecule has 3 nitrogen and oxygen atoms in total. The van der Waals surface area contributed by atoms with Crippen molar-refractivity contribution in [1.29, 1.82) is 0 Å². The van der Waals surface area contributed by atoms with Crippen LogP contribution in [-0.4, -0.2) is 17.6 Å². The summed E-state index contributed by atoms with van der Waals surface area (Å²) >= 11 is 0. The molecule has 0 aromatic heterocycles. The molecule has 0 aliphatic carbocycles.